The van der Waals surface area contributed by atoms with Crippen LogP contribution in [-0.4, -0.2) is 63.8 Å². The molecule has 3 rings (SSSR count). The molecular weight excluding hydrogens is 484 g/mol. The van der Waals surface area contributed by atoms with Crippen LogP contribution in [0, 0.1) is 11.8 Å². The fourth-order valence-electron chi connectivity index (χ4n) is 4.88. The zero-order valence-corrected chi connectivity index (χ0v) is 22.1. The van der Waals surface area contributed by atoms with Crippen molar-refractivity contribution in [1.29, 1.82) is 0 Å². The second-order valence-corrected chi connectivity index (χ2v) is 11.3. The SMILES string of the molecule is COc1cc(O)c(C(CC(=O)N2C[C@H](C)C[C@H](C)C2)c2ccc(C(=O)NS(C)(=O)=O)cc2)c(OC)c1. The van der Waals surface area contributed by atoms with Gasteiger partial charge in [0.05, 0.1) is 20.5 Å². The van der Waals surface area contributed by atoms with Gasteiger partial charge in [-0.1, -0.05) is 26.0 Å². The highest BCUT2D eigenvalue weighted by molar-refractivity contribution is 7.89. The largest absolute Gasteiger partial charge is 0.507 e. The number of carbonyl (C=O) groups excluding carboxylic acids is 2. The topological polar surface area (TPSA) is 122 Å². The number of piperidine rings is 1. The van der Waals surface area contributed by atoms with E-state index in [1.807, 2.05) is 9.62 Å². The molecule has 2 N–H and O–H groups in total. The number of nitrogens with one attached hydrogen (secondary N) is 1. The highest BCUT2D eigenvalue weighted by Gasteiger charge is 2.31. The zero-order chi connectivity index (χ0) is 26.6. The first kappa shape index (κ1) is 27.3. The van der Waals surface area contributed by atoms with Crippen molar-refractivity contribution in [3.8, 4) is 17.2 Å². The molecule has 1 fully saturated rings. The Morgan fingerprint density at radius 2 is 1.69 bits per heavy atom. The minimum atomic E-state index is -3.71. The smallest absolute Gasteiger partial charge is 0.264 e. The number of carbonyl (C=O) groups is 2. The van der Waals surface area contributed by atoms with E-state index in [1.54, 1.807) is 18.2 Å². The molecule has 1 unspecified atom stereocenters. The van der Waals surface area contributed by atoms with Crippen LogP contribution < -0.4 is 14.2 Å². The van der Waals surface area contributed by atoms with Gasteiger partial charge in [0.2, 0.25) is 15.9 Å². The van der Waals surface area contributed by atoms with E-state index in [0.29, 0.717) is 47.6 Å². The average molecular weight is 519 g/mol. The molecule has 0 radical (unpaired) electrons. The van der Waals surface area contributed by atoms with E-state index in [9.17, 15) is 23.1 Å². The Kier molecular flexibility index (Phi) is 8.50. The number of rotatable bonds is 8. The van der Waals surface area contributed by atoms with E-state index < -0.39 is 21.8 Å². The van der Waals surface area contributed by atoms with Crippen LogP contribution in [0.2, 0.25) is 0 Å². The lowest BCUT2D eigenvalue weighted by molar-refractivity contribution is -0.134. The number of hydrogen-bond donors (Lipinski definition) is 2. The molecule has 196 valence electrons. The van der Waals surface area contributed by atoms with Crippen LogP contribution in [0.4, 0.5) is 0 Å². The third-order valence-electron chi connectivity index (χ3n) is 6.35. The van der Waals surface area contributed by atoms with Gasteiger partial charge in [-0.15, -0.1) is 0 Å². The first-order valence-corrected chi connectivity index (χ1v) is 13.7. The van der Waals surface area contributed by atoms with Gasteiger partial charge in [-0.3, -0.25) is 9.59 Å². The summed E-state index contributed by atoms with van der Waals surface area (Å²) in [5, 5.41) is 10.9. The maximum atomic E-state index is 13.5. The highest BCUT2D eigenvalue weighted by atomic mass is 32.2. The van der Waals surface area contributed by atoms with Crippen LogP contribution >= 0.6 is 0 Å². The predicted molar refractivity (Wildman–Crippen MR) is 136 cm³/mol. The molecule has 0 spiro atoms. The average Bonchev–Trinajstić information content (AvgIpc) is 2.80. The van der Waals surface area contributed by atoms with Crippen molar-refractivity contribution in [2.45, 2.75) is 32.6 Å². The van der Waals surface area contributed by atoms with Crippen molar-refractivity contribution in [2.75, 3.05) is 33.6 Å². The van der Waals surface area contributed by atoms with Crippen LogP contribution in [0.1, 0.15) is 54.1 Å². The summed E-state index contributed by atoms with van der Waals surface area (Å²) >= 11 is 0. The number of nitrogens with zero attached hydrogens (tertiary/aromatic N) is 1. The Balaban J connectivity index is 2.01. The van der Waals surface area contributed by atoms with Crippen molar-refractivity contribution in [1.82, 2.24) is 9.62 Å². The number of ether oxygens (including phenoxy) is 2. The zero-order valence-electron chi connectivity index (χ0n) is 21.3. The molecule has 36 heavy (non-hydrogen) atoms. The molecule has 2 aromatic rings. The monoisotopic (exact) mass is 518 g/mol. The van der Waals surface area contributed by atoms with Crippen LogP contribution in [0.25, 0.3) is 0 Å². The lowest BCUT2D eigenvalue weighted by Gasteiger charge is -2.36. The Labute approximate surface area is 212 Å². The minimum Gasteiger partial charge on any atom is -0.507 e. The van der Waals surface area contributed by atoms with Crippen molar-refractivity contribution < 1.29 is 32.6 Å². The van der Waals surface area contributed by atoms with Crippen LogP contribution in [0.15, 0.2) is 36.4 Å². The van der Waals surface area contributed by atoms with E-state index in [4.69, 9.17) is 9.47 Å². The molecule has 1 saturated heterocycles. The molecule has 0 aliphatic carbocycles. The molecule has 0 bridgehead atoms. The molecule has 1 aliphatic heterocycles. The fourth-order valence-corrected chi connectivity index (χ4v) is 5.33. The number of phenolic OH excluding ortho intramolecular Hbond substituents is 1. The summed E-state index contributed by atoms with van der Waals surface area (Å²) in [7, 11) is -0.755. The van der Waals surface area contributed by atoms with Gasteiger partial charge in [0, 0.05) is 48.7 Å². The van der Waals surface area contributed by atoms with Crippen LogP contribution in [0.3, 0.4) is 0 Å². The number of hydrogen-bond acceptors (Lipinski definition) is 7. The van der Waals surface area contributed by atoms with Gasteiger partial charge < -0.3 is 19.5 Å². The number of aromatic hydroxyl groups is 1. The van der Waals surface area contributed by atoms with E-state index in [-0.39, 0.29) is 23.6 Å². The lowest BCUT2D eigenvalue weighted by Crippen LogP contribution is -2.43. The minimum absolute atomic E-state index is 0.0467. The standard InChI is InChI=1S/C26H34N2O7S/c1-16-10-17(2)15-28(14-16)24(30)13-21(25-22(29)11-20(34-3)12-23(25)35-4)18-6-8-19(9-7-18)26(31)27-36(5,32)33/h6-9,11-12,16-17,21,29H,10,13-15H2,1-5H3,(H,27,31)/t16-,17+,21?. The molecule has 2 aromatic carbocycles. The molecule has 2 amide bonds. The maximum absolute atomic E-state index is 13.5. The second-order valence-electron chi connectivity index (χ2n) is 9.59. The van der Waals surface area contributed by atoms with Gasteiger partial charge >= 0.3 is 0 Å². The maximum Gasteiger partial charge on any atom is 0.264 e. The number of sulfonamides is 1. The third kappa shape index (κ3) is 6.69. The summed E-state index contributed by atoms with van der Waals surface area (Å²) in [4.78, 5) is 27.6. The molecule has 0 saturated carbocycles. The summed E-state index contributed by atoms with van der Waals surface area (Å²) in [5.41, 5.74) is 1.24. The number of amides is 2. The predicted octanol–water partition coefficient (Wildman–Crippen LogP) is 3.13. The Bertz CT molecular complexity index is 1200. The summed E-state index contributed by atoms with van der Waals surface area (Å²) in [6.45, 7) is 5.61. The molecule has 3 atom stereocenters. The fraction of sp³-hybridized carbons (Fsp3) is 0.462. The summed E-state index contributed by atoms with van der Waals surface area (Å²) < 4.78 is 35.6. The summed E-state index contributed by atoms with van der Waals surface area (Å²) in [5.74, 6) is 0.0996. The first-order chi connectivity index (χ1) is 16.9. The van der Waals surface area contributed by atoms with Gasteiger partial charge in [0.1, 0.15) is 17.2 Å². The normalized spacial score (nSPS) is 18.9. The van der Waals surface area contributed by atoms with Gasteiger partial charge in [-0.2, -0.15) is 0 Å². The highest BCUT2D eigenvalue weighted by Crippen LogP contribution is 2.43. The van der Waals surface area contributed by atoms with Crippen molar-refractivity contribution in [3.05, 3.63) is 53.1 Å². The molecule has 0 aromatic heterocycles. The lowest BCUT2D eigenvalue weighted by atomic mass is 9.85. The van der Waals surface area contributed by atoms with Crippen LogP contribution in [0.5, 0.6) is 17.2 Å². The summed E-state index contributed by atoms with van der Waals surface area (Å²) in [6, 6.07) is 9.40. The van der Waals surface area contributed by atoms with Crippen molar-refractivity contribution >= 4 is 21.8 Å². The molecular formula is C26H34N2O7S. The van der Waals surface area contributed by atoms with Gasteiger partial charge in [-0.05, 0) is 36.0 Å². The quantitative estimate of drug-likeness (QED) is 0.551. The number of phenols is 1. The Morgan fingerprint density at radius 3 is 2.22 bits per heavy atom. The number of benzene rings is 2. The molecule has 9 nitrogen and oxygen atoms in total. The second kappa shape index (κ2) is 11.2. The molecule has 10 heteroatoms. The van der Waals surface area contributed by atoms with Crippen LogP contribution in [-0.2, 0) is 14.8 Å². The van der Waals surface area contributed by atoms with E-state index >= 15 is 0 Å². The Morgan fingerprint density at radius 1 is 1.08 bits per heavy atom. The number of methoxy groups -OCH3 is 2. The van der Waals surface area contributed by atoms with Gasteiger partial charge in [0.15, 0.2) is 0 Å². The third-order valence-corrected chi connectivity index (χ3v) is 6.91. The Hall–Kier alpha value is -3.27. The van der Waals surface area contributed by atoms with Crippen molar-refractivity contribution in [2.24, 2.45) is 11.8 Å². The van der Waals surface area contributed by atoms with Crippen molar-refractivity contribution in [3.63, 3.8) is 0 Å². The molecule has 1 heterocycles. The van der Waals surface area contributed by atoms with Gasteiger partial charge in [0.25, 0.3) is 5.91 Å². The molecule has 1 aliphatic rings. The van der Waals surface area contributed by atoms with Gasteiger partial charge in [-0.25, -0.2) is 13.1 Å². The van der Waals surface area contributed by atoms with E-state index in [0.717, 1.165) is 12.7 Å². The van der Waals surface area contributed by atoms with E-state index in [1.165, 1.54) is 32.4 Å². The number of likely N-dealkylation sites (tertiary alicyclic amines) is 1. The first-order valence-electron chi connectivity index (χ1n) is 11.8. The summed E-state index contributed by atoms with van der Waals surface area (Å²) in [6.07, 6.45) is 2.05. The van der Waals surface area contributed by atoms with E-state index in [2.05, 4.69) is 13.8 Å².